The number of piperazine rings is 1. The summed E-state index contributed by atoms with van der Waals surface area (Å²) in [4.78, 5) is 13.0. The average Bonchev–Trinajstić information content (AvgIpc) is 2.09. The van der Waals surface area contributed by atoms with Crippen molar-refractivity contribution in [2.45, 2.75) is 32.4 Å². The molecule has 0 aromatic rings. The van der Waals surface area contributed by atoms with Gasteiger partial charge in [-0.15, -0.1) is 0 Å². The van der Waals surface area contributed by atoms with Gasteiger partial charge in [-0.3, -0.25) is 9.69 Å². The second-order valence-corrected chi connectivity index (χ2v) is 3.55. The molecule has 0 amide bonds. The van der Waals surface area contributed by atoms with Gasteiger partial charge < -0.3 is 10.4 Å². The third-order valence-electron chi connectivity index (χ3n) is 2.62. The number of carboxylic acid groups (broad SMARTS) is 1. The first-order chi connectivity index (χ1) is 6.16. The van der Waals surface area contributed by atoms with E-state index in [1.54, 1.807) is 0 Å². The quantitative estimate of drug-likeness (QED) is 0.658. The van der Waals surface area contributed by atoms with Gasteiger partial charge in [-0.05, 0) is 13.3 Å². The van der Waals surface area contributed by atoms with Crippen LogP contribution < -0.4 is 5.32 Å². The van der Waals surface area contributed by atoms with E-state index in [4.69, 9.17) is 5.11 Å². The minimum atomic E-state index is -0.698. The first-order valence-corrected chi connectivity index (χ1v) is 4.86. The number of carboxylic acids is 1. The van der Waals surface area contributed by atoms with E-state index in [9.17, 15) is 4.79 Å². The fraction of sp³-hybridized carbons (Fsp3) is 0.889. The Morgan fingerprint density at radius 2 is 2.46 bits per heavy atom. The summed E-state index contributed by atoms with van der Waals surface area (Å²) in [6, 6.07) is 0.0203. The molecular formula is C9H18N2O2. The molecule has 1 unspecified atom stereocenters. The molecule has 1 aliphatic rings. The molecule has 13 heavy (non-hydrogen) atoms. The molecule has 0 bridgehead atoms. The summed E-state index contributed by atoms with van der Waals surface area (Å²) < 4.78 is 0. The Morgan fingerprint density at radius 3 is 2.92 bits per heavy atom. The summed E-state index contributed by atoms with van der Waals surface area (Å²) in [5, 5.41) is 12.2. The van der Waals surface area contributed by atoms with E-state index >= 15 is 0 Å². The molecule has 1 rings (SSSR count). The van der Waals surface area contributed by atoms with Gasteiger partial charge in [0.2, 0.25) is 0 Å². The van der Waals surface area contributed by atoms with E-state index in [1.165, 1.54) is 0 Å². The Bertz CT molecular complexity index is 184. The van der Waals surface area contributed by atoms with Gasteiger partial charge in [-0.2, -0.15) is 0 Å². The smallest absolute Gasteiger partial charge is 0.320 e. The Morgan fingerprint density at radius 1 is 1.77 bits per heavy atom. The van der Waals surface area contributed by atoms with Crippen LogP contribution in [0.1, 0.15) is 20.3 Å². The molecule has 0 radical (unpaired) electrons. The molecule has 0 aromatic heterocycles. The van der Waals surface area contributed by atoms with Crippen LogP contribution in [0, 0.1) is 0 Å². The predicted octanol–water partition coefficient (Wildman–Crippen LogP) is 0.143. The maximum atomic E-state index is 10.9. The molecule has 0 saturated carbocycles. The first kappa shape index (κ1) is 10.5. The van der Waals surface area contributed by atoms with Crippen molar-refractivity contribution in [2.75, 3.05) is 19.6 Å². The number of nitrogens with zero attached hydrogens (tertiary/aromatic N) is 1. The molecule has 76 valence electrons. The van der Waals surface area contributed by atoms with Gasteiger partial charge in [0.1, 0.15) is 6.04 Å². The van der Waals surface area contributed by atoms with E-state index in [0.717, 1.165) is 19.6 Å². The minimum Gasteiger partial charge on any atom is -0.480 e. The van der Waals surface area contributed by atoms with Crippen LogP contribution in [0.5, 0.6) is 0 Å². The van der Waals surface area contributed by atoms with Crippen molar-refractivity contribution in [1.29, 1.82) is 0 Å². The maximum Gasteiger partial charge on any atom is 0.320 e. The summed E-state index contributed by atoms with van der Waals surface area (Å²) in [7, 11) is 0. The third-order valence-corrected chi connectivity index (χ3v) is 2.62. The molecule has 1 aliphatic heterocycles. The largest absolute Gasteiger partial charge is 0.480 e. The molecule has 0 spiro atoms. The summed E-state index contributed by atoms with van der Waals surface area (Å²) in [5.41, 5.74) is 0. The number of rotatable bonds is 3. The van der Waals surface area contributed by atoms with Crippen molar-refractivity contribution in [2.24, 2.45) is 0 Å². The number of carbonyl (C=O) groups is 1. The zero-order valence-electron chi connectivity index (χ0n) is 8.29. The van der Waals surface area contributed by atoms with E-state index in [-0.39, 0.29) is 6.04 Å². The second-order valence-electron chi connectivity index (χ2n) is 3.55. The van der Waals surface area contributed by atoms with E-state index in [1.807, 2.05) is 6.92 Å². The molecule has 0 aromatic carbocycles. The zero-order valence-corrected chi connectivity index (χ0v) is 8.29. The minimum absolute atomic E-state index is 0.308. The highest BCUT2D eigenvalue weighted by Gasteiger charge is 2.29. The molecule has 4 heteroatoms. The van der Waals surface area contributed by atoms with Crippen LogP contribution in [0.4, 0.5) is 0 Å². The highest BCUT2D eigenvalue weighted by Crippen LogP contribution is 2.11. The van der Waals surface area contributed by atoms with Crippen LogP contribution in [-0.2, 0) is 4.79 Å². The number of nitrogens with one attached hydrogen (secondary N) is 1. The van der Waals surface area contributed by atoms with Gasteiger partial charge >= 0.3 is 5.97 Å². The van der Waals surface area contributed by atoms with Crippen LogP contribution in [0.3, 0.4) is 0 Å². The molecular weight excluding hydrogens is 168 g/mol. The fourth-order valence-corrected chi connectivity index (χ4v) is 1.87. The Kier molecular flexibility index (Phi) is 3.69. The van der Waals surface area contributed by atoms with Crippen LogP contribution in [0.15, 0.2) is 0 Å². The van der Waals surface area contributed by atoms with Crippen molar-refractivity contribution in [3.63, 3.8) is 0 Å². The van der Waals surface area contributed by atoms with Crippen molar-refractivity contribution >= 4 is 5.97 Å². The van der Waals surface area contributed by atoms with Crippen molar-refractivity contribution in [1.82, 2.24) is 10.2 Å². The van der Waals surface area contributed by atoms with Crippen LogP contribution in [0.2, 0.25) is 0 Å². The predicted molar refractivity (Wildman–Crippen MR) is 50.8 cm³/mol. The van der Waals surface area contributed by atoms with Crippen molar-refractivity contribution in [3.05, 3.63) is 0 Å². The highest BCUT2D eigenvalue weighted by atomic mass is 16.4. The highest BCUT2D eigenvalue weighted by molar-refractivity contribution is 5.73. The lowest BCUT2D eigenvalue weighted by atomic mass is 10.1. The lowest BCUT2D eigenvalue weighted by molar-refractivity contribution is -0.144. The van der Waals surface area contributed by atoms with Gasteiger partial charge in [-0.1, -0.05) is 6.92 Å². The number of aliphatic carboxylic acids is 1. The number of hydrogen-bond donors (Lipinski definition) is 2. The normalized spacial score (nSPS) is 27.1. The van der Waals surface area contributed by atoms with E-state index in [0.29, 0.717) is 12.5 Å². The molecule has 1 heterocycles. The van der Waals surface area contributed by atoms with Crippen LogP contribution >= 0.6 is 0 Å². The lowest BCUT2D eigenvalue weighted by Crippen LogP contribution is -2.55. The molecule has 1 fully saturated rings. The monoisotopic (exact) mass is 186 g/mol. The lowest BCUT2D eigenvalue weighted by Gasteiger charge is -2.37. The van der Waals surface area contributed by atoms with Gasteiger partial charge in [0.15, 0.2) is 0 Å². The first-order valence-electron chi connectivity index (χ1n) is 4.86. The standard InChI is InChI=1S/C9H18N2O2/c1-3-8(9(12)13)11-5-4-10-6-7(11)2/h7-8,10H,3-6H2,1-2H3,(H,12,13)/t7-,8?/m0/s1. The van der Waals surface area contributed by atoms with Crippen LogP contribution in [-0.4, -0.2) is 47.7 Å². The van der Waals surface area contributed by atoms with Gasteiger partial charge in [0, 0.05) is 25.7 Å². The third kappa shape index (κ3) is 2.42. The Hall–Kier alpha value is -0.610. The summed E-state index contributed by atoms with van der Waals surface area (Å²) in [6.45, 7) is 6.62. The number of hydrogen-bond acceptors (Lipinski definition) is 3. The molecule has 1 saturated heterocycles. The molecule has 2 N–H and O–H groups in total. The summed E-state index contributed by atoms with van der Waals surface area (Å²) >= 11 is 0. The fourth-order valence-electron chi connectivity index (χ4n) is 1.87. The Labute approximate surface area is 78.9 Å². The van der Waals surface area contributed by atoms with Crippen molar-refractivity contribution in [3.8, 4) is 0 Å². The van der Waals surface area contributed by atoms with Crippen LogP contribution in [0.25, 0.3) is 0 Å². The van der Waals surface area contributed by atoms with Gasteiger partial charge in [0.25, 0.3) is 0 Å². The molecule has 0 aliphatic carbocycles. The SMILES string of the molecule is CCC(C(=O)O)N1CCNC[C@@H]1C. The summed E-state index contributed by atoms with van der Waals surface area (Å²) in [6.07, 6.45) is 0.680. The zero-order chi connectivity index (χ0) is 9.84. The molecule has 2 atom stereocenters. The topological polar surface area (TPSA) is 52.6 Å². The van der Waals surface area contributed by atoms with Crippen molar-refractivity contribution < 1.29 is 9.90 Å². The molecule has 4 nitrogen and oxygen atoms in total. The summed E-state index contributed by atoms with van der Waals surface area (Å²) in [5.74, 6) is -0.698. The Balaban J connectivity index is 2.60. The van der Waals surface area contributed by atoms with Gasteiger partial charge in [-0.25, -0.2) is 0 Å². The van der Waals surface area contributed by atoms with Gasteiger partial charge in [0.05, 0.1) is 0 Å². The van der Waals surface area contributed by atoms with E-state index < -0.39 is 5.97 Å². The second kappa shape index (κ2) is 4.58. The average molecular weight is 186 g/mol. The maximum absolute atomic E-state index is 10.9. The van der Waals surface area contributed by atoms with E-state index in [2.05, 4.69) is 17.1 Å².